The van der Waals surface area contributed by atoms with Crippen molar-refractivity contribution in [3.05, 3.63) is 0 Å². The highest BCUT2D eigenvalue weighted by atomic mass is 16.5. The average Bonchev–Trinajstić information content (AvgIpc) is 3.10. The van der Waals surface area contributed by atoms with Crippen LogP contribution in [0.25, 0.3) is 0 Å². The average molecular weight is 352 g/mol. The molecule has 3 rings (SSSR count). The molecule has 0 aliphatic carbocycles. The lowest BCUT2D eigenvalue weighted by Gasteiger charge is -2.41. The van der Waals surface area contributed by atoms with Crippen LogP contribution in [0, 0.1) is 0 Å². The van der Waals surface area contributed by atoms with Crippen LogP contribution in [-0.2, 0) is 14.3 Å². The number of ether oxygens (including phenoxy) is 1. The highest BCUT2D eigenvalue weighted by molar-refractivity contribution is 5.87. The predicted octanol–water partition coefficient (Wildman–Crippen LogP) is -0.0178. The van der Waals surface area contributed by atoms with Gasteiger partial charge in [0.05, 0.1) is 6.61 Å². The molecular formula is C17H28N4O4. The predicted molar refractivity (Wildman–Crippen MR) is 90.9 cm³/mol. The highest BCUT2D eigenvalue weighted by Gasteiger charge is 2.39. The van der Waals surface area contributed by atoms with Crippen molar-refractivity contribution in [2.75, 3.05) is 53.5 Å². The van der Waals surface area contributed by atoms with Crippen LogP contribution in [0.2, 0.25) is 0 Å². The van der Waals surface area contributed by atoms with E-state index in [1.54, 1.807) is 19.0 Å². The lowest BCUT2D eigenvalue weighted by Crippen LogP contribution is -2.55. The van der Waals surface area contributed by atoms with Gasteiger partial charge < -0.3 is 24.3 Å². The van der Waals surface area contributed by atoms with Crippen molar-refractivity contribution in [1.82, 2.24) is 19.6 Å². The van der Waals surface area contributed by atoms with E-state index in [4.69, 9.17) is 4.74 Å². The van der Waals surface area contributed by atoms with Gasteiger partial charge in [-0.15, -0.1) is 0 Å². The number of hydrogen-bond acceptors (Lipinski definition) is 4. The molecule has 0 N–H and O–H groups in total. The number of hydrogen-bond donors (Lipinski definition) is 0. The van der Waals surface area contributed by atoms with Gasteiger partial charge in [0.15, 0.2) is 0 Å². The van der Waals surface area contributed by atoms with Gasteiger partial charge in [-0.1, -0.05) is 0 Å². The van der Waals surface area contributed by atoms with Crippen molar-refractivity contribution in [3.63, 3.8) is 0 Å². The maximum atomic E-state index is 12.9. The Balaban J connectivity index is 1.56. The minimum absolute atomic E-state index is 0.0505. The van der Waals surface area contributed by atoms with Crippen molar-refractivity contribution in [2.45, 2.75) is 37.8 Å². The largest absolute Gasteiger partial charge is 0.370 e. The first-order chi connectivity index (χ1) is 12.0. The van der Waals surface area contributed by atoms with Gasteiger partial charge in [-0.2, -0.15) is 0 Å². The molecule has 0 aromatic heterocycles. The summed E-state index contributed by atoms with van der Waals surface area (Å²) < 4.78 is 5.19. The number of carbonyl (C=O) groups excluding carboxylic acids is 3. The Bertz CT molecular complexity index is 531. The molecule has 8 nitrogen and oxygen atoms in total. The summed E-state index contributed by atoms with van der Waals surface area (Å²) in [4.78, 5) is 44.1. The fourth-order valence-electron chi connectivity index (χ4n) is 4.03. The molecule has 3 heterocycles. The molecule has 3 aliphatic rings. The van der Waals surface area contributed by atoms with Crippen LogP contribution in [0.3, 0.4) is 0 Å². The Morgan fingerprint density at radius 1 is 1.08 bits per heavy atom. The molecule has 3 fully saturated rings. The normalized spacial score (nSPS) is 25.4. The molecule has 0 aromatic rings. The number of likely N-dealkylation sites (tertiary alicyclic amines) is 2. The molecule has 140 valence electrons. The first-order valence-electron chi connectivity index (χ1n) is 9.13. The summed E-state index contributed by atoms with van der Waals surface area (Å²) in [6, 6.07) is -0.232. The van der Waals surface area contributed by atoms with Crippen LogP contribution in [0.4, 0.5) is 4.79 Å². The second-order valence-electron chi connectivity index (χ2n) is 7.22. The first kappa shape index (κ1) is 18.0. The van der Waals surface area contributed by atoms with Crippen molar-refractivity contribution >= 4 is 17.8 Å². The fourth-order valence-corrected chi connectivity index (χ4v) is 4.03. The summed E-state index contributed by atoms with van der Waals surface area (Å²) >= 11 is 0. The van der Waals surface area contributed by atoms with E-state index in [2.05, 4.69) is 0 Å². The highest BCUT2D eigenvalue weighted by Crippen LogP contribution is 2.24. The molecule has 0 bridgehead atoms. The van der Waals surface area contributed by atoms with Gasteiger partial charge in [0, 0.05) is 46.3 Å². The van der Waals surface area contributed by atoms with Crippen LogP contribution in [0.15, 0.2) is 0 Å². The molecule has 0 spiro atoms. The summed E-state index contributed by atoms with van der Waals surface area (Å²) in [5.41, 5.74) is 0. The quantitative estimate of drug-likeness (QED) is 0.700. The first-order valence-corrected chi connectivity index (χ1v) is 9.13. The van der Waals surface area contributed by atoms with Gasteiger partial charge in [-0.3, -0.25) is 9.59 Å². The summed E-state index contributed by atoms with van der Waals surface area (Å²) in [5, 5.41) is 0. The van der Waals surface area contributed by atoms with Crippen molar-refractivity contribution in [2.24, 2.45) is 0 Å². The molecule has 3 saturated heterocycles. The molecule has 8 heteroatoms. The Morgan fingerprint density at radius 3 is 2.44 bits per heavy atom. The second kappa shape index (κ2) is 7.59. The van der Waals surface area contributed by atoms with E-state index in [0.717, 1.165) is 25.7 Å². The van der Waals surface area contributed by atoms with Crippen LogP contribution in [0.1, 0.15) is 25.7 Å². The number of rotatable bonds is 2. The van der Waals surface area contributed by atoms with Crippen LogP contribution in [0.5, 0.6) is 0 Å². The van der Waals surface area contributed by atoms with Gasteiger partial charge in [0.1, 0.15) is 12.6 Å². The zero-order chi connectivity index (χ0) is 18.0. The lowest BCUT2D eigenvalue weighted by molar-refractivity contribution is -0.147. The van der Waals surface area contributed by atoms with Crippen LogP contribution in [-0.4, -0.2) is 103 Å². The summed E-state index contributed by atoms with van der Waals surface area (Å²) in [5.74, 6) is 0.106. The zero-order valence-electron chi connectivity index (χ0n) is 15.1. The Morgan fingerprint density at radius 2 is 1.80 bits per heavy atom. The number of morpholine rings is 1. The van der Waals surface area contributed by atoms with E-state index in [1.807, 2.05) is 9.80 Å². The van der Waals surface area contributed by atoms with E-state index >= 15 is 0 Å². The minimum atomic E-state index is -0.337. The third-order valence-corrected chi connectivity index (χ3v) is 5.41. The summed E-state index contributed by atoms with van der Waals surface area (Å²) in [6.45, 7) is 3.35. The number of nitrogens with zero attached hydrogens (tertiary/aromatic N) is 4. The van der Waals surface area contributed by atoms with E-state index in [9.17, 15) is 14.4 Å². The lowest BCUT2D eigenvalue weighted by atomic mass is 10.0. The SMILES string of the molecule is CN(C)C(=O)N1CCCC1C(=O)N1CCC(N2CCOCC2=O)CC1. The van der Waals surface area contributed by atoms with Gasteiger partial charge >= 0.3 is 6.03 Å². The molecule has 1 unspecified atom stereocenters. The molecule has 0 radical (unpaired) electrons. The molecule has 0 aromatic carbocycles. The van der Waals surface area contributed by atoms with E-state index in [-0.39, 0.29) is 36.5 Å². The number of amides is 4. The van der Waals surface area contributed by atoms with Crippen molar-refractivity contribution in [3.8, 4) is 0 Å². The van der Waals surface area contributed by atoms with Crippen LogP contribution >= 0.6 is 0 Å². The smallest absolute Gasteiger partial charge is 0.320 e. The monoisotopic (exact) mass is 352 g/mol. The summed E-state index contributed by atoms with van der Waals surface area (Å²) in [7, 11) is 3.43. The zero-order valence-corrected chi connectivity index (χ0v) is 15.1. The van der Waals surface area contributed by atoms with Crippen LogP contribution < -0.4 is 0 Å². The van der Waals surface area contributed by atoms with Crippen molar-refractivity contribution < 1.29 is 19.1 Å². The third-order valence-electron chi connectivity index (χ3n) is 5.41. The second-order valence-corrected chi connectivity index (χ2v) is 7.22. The minimum Gasteiger partial charge on any atom is -0.370 e. The maximum Gasteiger partial charge on any atom is 0.320 e. The molecule has 0 saturated carbocycles. The Hall–Kier alpha value is -1.83. The van der Waals surface area contributed by atoms with Gasteiger partial charge in [0.2, 0.25) is 11.8 Å². The Labute approximate surface area is 148 Å². The van der Waals surface area contributed by atoms with E-state index < -0.39 is 0 Å². The van der Waals surface area contributed by atoms with E-state index in [1.165, 1.54) is 4.90 Å². The maximum absolute atomic E-state index is 12.9. The molecule has 4 amide bonds. The standard InChI is InChI=1S/C17H28N4O4/c1-18(2)17(24)21-7-3-4-14(21)16(23)19-8-5-13(6-9-19)20-10-11-25-12-15(20)22/h13-14H,3-12H2,1-2H3. The number of urea groups is 1. The van der Waals surface area contributed by atoms with E-state index in [0.29, 0.717) is 32.8 Å². The number of carbonyl (C=O) groups is 3. The van der Waals surface area contributed by atoms with Crippen molar-refractivity contribution in [1.29, 1.82) is 0 Å². The Kier molecular flexibility index (Phi) is 5.46. The summed E-state index contributed by atoms with van der Waals surface area (Å²) in [6.07, 6.45) is 3.20. The third kappa shape index (κ3) is 3.73. The molecular weight excluding hydrogens is 324 g/mol. The topological polar surface area (TPSA) is 73.4 Å². The molecule has 25 heavy (non-hydrogen) atoms. The van der Waals surface area contributed by atoms with Gasteiger partial charge in [0.25, 0.3) is 0 Å². The van der Waals surface area contributed by atoms with Gasteiger partial charge in [-0.05, 0) is 25.7 Å². The fraction of sp³-hybridized carbons (Fsp3) is 0.824. The number of piperidine rings is 1. The molecule has 3 aliphatic heterocycles. The molecule has 1 atom stereocenters. The van der Waals surface area contributed by atoms with Gasteiger partial charge in [-0.25, -0.2) is 4.79 Å².